The lowest BCUT2D eigenvalue weighted by Gasteiger charge is -2.25. The molecular weight excluding hydrogens is 276 g/mol. The van der Waals surface area contributed by atoms with Gasteiger partial charge in [-0.1, -0.05) is 48.5 Å². The predicted octanol–water partition coefficient (Wildman–Crippen LogP) is 3.59. The van der Waals surface area contributed by atoms with Gasteiger partial charge in [0.05, 0.1) is 5.69 Å². The summed E-state index contributed by atoms with van der Waals surface area (Å²) in [7, 11) is 0. The summed E-state index contributed by atoms with van der Waals surface area (Å²) in [6.45, 7) is 1.46. The Morgan fingerprint density at radius 2 is 1.86 bits per heavy atom. The molecule has 1 amide bonds. The van der Waals surface area contributed by atoms with Crippen LogP contribution in [0.5, 0.6) is 0 Å². The molecule has 1 saturated heterocycles. The van der Waals surface area contributed by atoms with Gasteiger partial charge in [-0.05, 0) is 31.0 Å². The van der Waals surface area contributed by atoms with Gasteiger partial charge in [0.25, 0.3) is 0 Å². The summed E-state index contributed by atoms with van der Waals surface area (Å²) in [6, 6.07) is 17.8. The van der Waals surface area contributed by atoms with Crippen molar-refractivity contribution in [2.45, 2.75) is 18.9 Å². The second-order valence-electron chi connectivity index (χ2n) is 5.57. The molecule has 0 unspecified atom stereocenters. The SMILES string of the molecule is O=C(O)N(C[C@H]1CCCN1)c1ccccc1-c1ccccc1. The average molecular weight is 296 g/mol. The second-order valence-corrected chi connectivity index (χ2v) is 5.57. The van der Waals surface area contributed by atoms with Crippen LogP contribution < -0.4 is 10.2 Å². The average Bonchev–Trinajstić information content (AvgIpc) is 3.06. The molecule has 1 heterocycles. The maximum atomic E-state index is 11.8. The van der Waals surface area contributed by atoms with Gasteiger partial charge in [0.15, 0.2) is 0 Å². The van der Waals surface area contributed by atoms with Gasteiger partial charge in [-0.25, -0.2) is 4.79 Å². The number of carbonyl (C=O) groups is 1. The Morgan fingerprint density at radius 1 is 1.14 bits per heavy atom. The highest BCUT2D eigenvalue weighted by Crippen LogP contribution is 2.31. The number of rotatable bonds is 4. The molecule has 0 bridgehead atoms. The van der Waals surface area contributed by atoms with Crippen LogP contribution in [0.1, 0.15) is 12.8 Å². The molecule has 0 spiro atoms. The van der Waals surface area contributed by atoms with E-state index in [-0.39, 0.29) is 6.04 Å². The minimum absolute atomic E-state index is 0.236. The highest BCUT2D eigenvalue weighted by atomic mass is 16.4. The van der Waals surface area contributed by atoms with Crippen molar-refractivity contribution in [1.82, 2.24) is 5.32 Å². The molecule has 2 aromatic carbocycles. The molecule has 114 valence electrons. The van der Waals surface area contributed by atoms with E-state index < -0.39 is 6.09 Å². The summed E-state index contributed by atoms with van der Waals surface area (Å²) < 4.78 is 0. The van der Waals surface area contributed by atoms with Crippen LogP contribution in [-0.4, -0.2) is 30.3 Å². The fourth-order valence-corrected chi connectivity index (χ4v) is 2.98. The van der Waals surface area contributed by atoms with Gasteiger partial charge in [-0.15, -0.1) is 0 Å². The first kappa shape index (κ1) is 14.6. The van der Waals surface area contributed by atoms with E-state index in [4.69, 9.17) is 0 Å². The summed E-state index contributed by atoms with van der Waals surface area (Å²) in [4.78, 5) is 13.2. The van der Waals surface area contributed by atoms with Gasteiger partial charge in [0.1, 0.15) is 0 Å². The molecule has 1 atom stereocenters. The van der Waals surface area contributed by atoms with Crippen molar-refractivity contribution in [2.75, 3.05) is 18.0 Å². The first-order valence-electron chi connectivity index (χ1n) is 7.64. The molecule has 0 saturated carbocycles. The molecule has 2 aromatic rings. The van der Waals surface area contributed by atoms with E-state index in [1.165, 1.54) is 4.90 Å². The molecule has 4 nitrogen and oxygen atoms in total. The van der Waals surface area contributed by atoms with E-state index in [2.05, 4.69) is 5.32 Å². The summed E-state index contributed by atoms with van der Waals surface area (Å²) >= 11 is 0. The van der Waals surface area contributed by atoms with E-state index in [0.29, 0.717) is 6.54 Å². The predicted molar refractivity (Wildman–Crippen MR) is 88.3 cm³/mol. The summed E-state index contributed by atoms with van der Waals surface area (Å²) in [5.74, 6) is 0. The lowest BCUT2D eigenvalue weighted by atomic mass is 10.0. The van der Waals surface area contributed by atoms with Crippen LogP contribution in [-0.2, 0) is 0 Å². The number of para-hydroxylation sites is 1. The second kappa shape index (κ2) is 6.62. The zero-order valence-electron chi connectivity index (χ0n) is 12.4. The Labute approximate surface area is 130 Å². The molecular formula is C18H20N2O2. The zero-order chi connectivity index (χ0) is 15.4. The summed E-state index contributed by atoms with van der Waals surface area (Å²) in [5, 5.41) is 13.0. The van der Waals surface area contributed by atoms with Crippen LogP contribution in [0.2, 0.25) is 0 Å². The van der Waals surface area contributed by atoms with Gasteiger partial charge in [-0.3, -0.25) is 4.90 Å². The van der Waals surface area contributed by atoms with Crippen molar-refractivity contribution in [1.29, 1.82) is 0 Å². The maximum Gasteiger partial charge on any atom is 0.411 e. The van der Waals surface area contributed by atoms with Crippen LogP contribution in [0.4, 0.5) is 10.5 Å². The van der Waals surface area contributed by atoms with Crippen LogP contribution >= 0.6 is 0 Å². The van der Waals surface area contributed by atoms with Crippen molar-refractivity contribution in [3.05, 3.63) is 54.6 Å². The van der Waals surface area contributed by atoms with Gasteiger partial charge >= 0.3 is 6.09 Å². The largest absolute Gasteiger partial charge is 0.465 e. The fraction of sp³-hybridized carbons (Fsp3) is 0.278. The van der Waals surface area contributed by atoms with Crippen LogP contribution in [0.3, 0.4) is 0 Å². The standard InChI is InChI=1S/C18H20N2O2/c21-18(22)20(13-15-9-6-12-19-15)17-11-5-4-10-16(17)14-7-2-1-3-8-14/h1-5,7-8,10-11,15,19H,6,9,12-13H2,(H,21,22)/t15-/m1/s1. The van der Waals surface area contributed by atoms with E-state index in [9.17, 15) is 9.90 Å². The molecule has 0 aliphatic carbocycles. The Balaban J connectivity index is 1.95. The number of hydrogen-bond donors (Lipinski definition) is 2. The van der Waals surface area contributed by atoms with Crippen LogP contribution in [0.25, 0.3) is 11.1 Å². The van der Waals surface area contributed by atoms with Gasteiger partial charge < -0.3 is 10.4 Å². The van der Waals surface area contributed by atoms with Crippen molar-refractivity contribution >= 4 is 11.8 Å². The first-order valence-corrected chi connectivity index (χ1v) is 7.64. The van der Waals surface area contributed by atoms with E-state index in [0.717, 1.165) is 36.2 Å². The molecule has 3 rings (SSSR count). The quantitative estimate of drug-likeness (QED) is 0.906. The molecule has 0 radical (unpaired) electrons. The number of anilines is 1. The molecule has 1 aliphatic heterocycles. The normalized spacial score (nSPS) is 17.4. The minimum Gasteiger partial charge on any atom is -0.465 e. The monoisotopic (exact) mass is 296 g/mol. The van der Waals surface area contributed by atoms with E-state index in [1.54, 1.807) is 0 Å². The van der Waals surface area contributed by atoms with Gasteiger partial charge in [0, 0.05) is 18.2 Å². The van der Waals surface area contributed by atoms with Crippen LogP contribution in [0, 0.1) is 0 Å². The third-order valence-electron chi connectivity index (χ3n) is 4.08. The Hall–Kier alpha value is -2.33. The number of benzene rings is 2. The molecule has 0 aromatic heterocycles. The first-order chi connectivity index (χ1) is 10.8. The minimum atomic E-state index is -0.905. The smallest absolute Gasteiger partial charge is 0.411 e. The number of nitrogens with one attached hydrogen (secondary N) is 1. The van der Waals surface area contributed by atoms with Crippen molar-refractivity contribution in [3.8, 4) is 11.1 Å². The number of amides is 1. The molecule has 1 fully saturated rings. The topological polar surface area (TPSA) is 52.6 Å². The Morgan fingerprint density at radius 3 is 2.55 bits per heavy atom. The number of hydrogen-bond acceptors (Lipinski definition) is 2. The van der Waals surface area contributed by atoms with E-state index >= 15 is 0 Å². The summed E-state index contributed by atoms with van der Waals surface area (Å²) in [6.07, 6.45) is 1.23. The van der Waals surface area contributed by atoms with Gasteiger partial charge in [-0.2, -0.15) is 0 Å². The number of nitrogens with zero attached hydrogens (tertiary/aromatic N) is 1. The maximum absolute atomic E-state index is 11.8. The summed E-state index contributed by atoms with van der Waals surface area (Å²) in [5.41, 5.74) is 2.72. The van der Waals surface area contributed by atoms with Crippen LogP contribution in [0.15, 0.2) is 54.6 Å². The molecule has 1 aliphatic rings. The highest BCUT2D eigenvalue weighted by molar-refractivity contribution is 5.92. The van der Waals surface area contributed by atoms with E-state index in [1.807, 2.05) is 54.6 Å². The molecule has 22 heavy (non-hydrogen) atoms. The lowest BCUT2D eigenvalue weighted by Crippen LogP contribution is -2.40. The molecule has 2 N–H and O–H groups in total. The third kappa shape index (κ3) is 3.12. The third-order valence-corrected chi connectivity index (χ3v) is 4.08. The van der Waals surface area contributed by atoms with Gasteiger partial charge in [0.2, 0.25) is 0 Å². The lowest BCUT2D eigenvalue weighted by molar-refractivity contribution is 0.201. The fourth-order valence-electron chi connectivity index (χ4n) is 2.98. The van der Waals surface area contributed by atoms with Crippen molar-refractivity contribution in [2.24, 2.45) is 0 Å². The molecule has 4 heteroatoms. The highest BCUT2D eigenvalue weighted by Gasteiger charge is 2.24. The Bertz CT molecular complexity index is 637. The van der Waals surface area contributed by atoms with Crippen molar-refractivity contribution in [3.63, 3.8) is 0 Å². The zero-order valence-corrected chi connectivity index (χ0v) is 12.4. The number of carboxylic acid groups (broad SMARTS) is 1. The Kier molecular flexibility index (Phi) is 4.39. The van der Waals surface area contributed by atoms with Crippen molar-refractivity contribution < 1.29 is 9.90 Å².